The highest BCUT2D eigenvalue weighted by Crippen LogP contribution is 2.38. The molecule has 2 aromatic carbocycles. The van der Waals surface area contributed by atoms with Crippen LogP contribution in [0.25, 0.3) is 0 Å². The maximum Gasteiger partial charge on any atom is 0.128 e. The molecule has 1 N–H and O–H groups in total. The Morgan fingerprint density at radius 2 is 1.55 bits per heavy atom. The quantitative estimate of drug-likeness (QED) is 0.842. The van der Waals surface area contributed by atoms with Crippen molar-refractivity contribution in [3.63, 3.8) is 0 Å². The third-order valence-corrected chi connectivity index (χ3v) is 3.96. The van der Waals surface area contributed by atoms with E-state index in [-0.39, 0.29) is 6.04 Å². The Bertz CT molecular complexity index is 586. The third-order valence-electron chi connectivity index (χ3n) is 3.71. The largest absolute Gasteiger partial charge is 0.382 e. The van der Waals surface area contributed by atoms with Crippen molar-refractivity contribution in [1.29, 1.82) is 0 Å². The summed E-state index contributed by atoms with van der Waals surface area (Å²) >= 11 is 5.86. The maximum absolute atomic E-state index is 13.1. The Hall–Kier alpha value is -1.61. The number of hydrogen-bond donors (Lipinski definition) is 1. The molecule has 0 spiro atoms. The fourth-order valence-electron chi connectivity index (χ4n) is 2.62. The first kappa shape index (κ1) is 13.4. The third kappa shape index (κ3) is 2.93. The van der Waals surface area contributed by atoms with Crippen molar-refractivity contribution in [2.45, 2.75) is 24.8 Å². The second-order valence-electron chi connectivity index (χ2n) is 5.22. The molecule has 1 aliphatic carbocycles. The molecule has 0 atom stereocenters. The van der Waals surface area contributed by atoms with Crippen LogP contribution in [0.3, 0.4) is 0 Å². The number of benzene rings is 2. The number of anilines is 1. The van der Waals surface area contributed by atoms with Gasteiger partial charge >= 0.3 is 0 Å². The first-order valence-corrected chi connectivity index (χ1v) is 6.96. The molecule has 0 heterocycles. The summed E-state index contributed by atoms with van der Waals surface area (Å²) in [7, 11) is 0. The zero-order valence-electron chi connectivity index (χ0n) is 10.7. The zero-order valence-corrected chi connectivity index (χ0v) is 11.5. The van der Waals surface area contributed by atoms with Crippen LogP contribution in [0, 0.1) is 11.6 Å². The zero-order chi connectivity index (χ0) is 14.1. The summed E-state index contributed by atoms with van der Waals surface area (Å²) in [6.45, 7) is 0. The van der Waals surface area contributed by atoms with E-state index in [4.69, 9.17) is 11.6 Å². The van der Waals surface area contributed by atoms with Crippen LogP contribution in [-0.4, -0.2) is 6.04 Å². The number of hydrogen-bond acceptors (Lipinski definition) is 1. The standard InChI is InChI=1S/C16H14ClF2N/c17-12-3-1-10(2-4-12)11-5-15(6-11)20-16-8-13(18)7-14(19)9-16/h1-4,7-9,11,15,20H,5-6H2. The van der Waals surface area contributed by atoms with Gasteiger partial charge in [0.2, 0.25) is 0 Å². The average molecular weight is 294 g/mol. The lowest BCUT2D eigenvalue weighted by molar-refractivity contribution is 0.374. The van der Waals surface area contributed by atoms with Crippen LogP contribution in [0.5, 0.6) is 0 Å². The van der Waals surface area contributed by atoms with E-state index in [2.05, 4.69) is 5.32 Å². The van der Waals surface area contributed by atoms with Crippen molar-refractivity contribution in [2.24, 2.45) is 0 Å². The second kappa shape index (κ2) is 5.41. The van der Waals surface area contributed by atoms with Crippen molar-refractivity contribution in [3.8, 4) is 0 Å². The number of rotatable bonds is 3. The summed E-state index contributed by atoms with van der Waals surface area (Å²) in [6.07, 6.45) is 1.92. The van der Waals surface area contributed by atoms with Crippen LogP contribution >= 0.6 is 11.6 Å². The van der Waals surface area contributed by atoms with Gasteiger partial charge in [0.05, 0.1) is 0 Å². The van der Waals surface area contributed by atoms with Gasteiger partial charge in [0.1, 0.15) is 11.6 Å². The van der Waals surface area contributed by atoms with E-state index in [0.717, 1.165) is 23.9 Å². The molecule has 3 rings (SSSR count). The SMILES string of the molecule is Fc1cc(F)cc(NC2CC(c3ccc(Cl)cc3)C2)c1. The van der Waals surface area contributed by atoms with E-state index in [1.165, 1.54) is 17.7 Å². The van der Waals surface area contributed by atoms with Crippen LogP contribution in [0.1, 0.15) is 24.3 Å². The van der Waals surface area contributed by atoms with E-state index in [0.29, 0.717) is 11.6 Å². The van der Waals surface area contributed by atoms with Gasteiger partial charge in [-0.3, -0.25) is 0 Å². The van der Waals surface area contributed by atoms with Gasteiger partial charge in [-0.05, 0) is 48.6 Å². The summed E-state index contributed by atoms with van der Waals surface area (Å²) in [5, 5.41) is 3.90. The molecule has 0 unspecified atom stereocenters. The van der Waals surface area contributed by atoms with Gasteiger partial charge in [-0.25, -0.2) is 8.78 Å². The van der Waals surface area contributed by atoms with E-state index >= 15 is 0 Å². The predicted molar refractivity (Wildman–Crippen MR) is 77.2 cm³/mol. The second-order valence-corrected chi connectivity index (χ2v) is 5.66. The molecule has 0 radical (unpaired) electrons. The molecule has 0 bridgehead atoms. The molecule has 1 aliphatic rings. The Kier molecular flexibility index (Phi) is 3.62. The van der Waals surface area contributed by atoms with Crippen molar-refractivity contribution in [3.05, 3.63) is 64.7 Å². The Morgan fingerprint density at radius 1 is 0.950 bits per heavy atom. The minimum atomic E-state index is -0.555. The smallest absolute Gasteiger partial charge is 0.128 e. The molecule has 4 heteroatoms. The van der Waals surface area contributed by atoms with Gasteiger partial charge in [-0.2, -0.15) is 0 Å². The predicted octanol–water partition coefficient (Wildman–Crippen LogP) is 4.98. The van der Waals surface area contributed by atoms with E-state index in [1.54, 1.807) is 0 Å². The minimum absolute atomic E-state index is 0.261. The summed E-state index contributed by atoms with van der Waals surface area (Å²) in [5.74, 6) is -0.620. The monoisotopic (exact) mass is 293 g/mol. The average Bonchev–Trinajstić information content (AvgIpc) is 2.33. The molecule has 0 aromatic heterocycles. The normalized spacial score (nSPS) is 21.4. The van der Waals surface area contributed by atoms with Crippen molar-refractivity contribution in [2.75, 3.05) is 5.32 Å². The molecule has 1 nitrogen and oxygen atoms in total. The van der Waals surface area contributed by atoms with Gasteiger partial charge in [0.15, 0.2) is 0 Å². The fourth-order valence-corrected chi connectivity index (χ4v) is 2.74. The molecule has 0 amide bonds. The lowest BCUT2D eigenvalue weighted by Gasteiger charge is -2.37. The van der Waals surface area contributed by atoms with Gasteiger partial charge in [-0.15, -0.1) is 0 Å². The van der Waals surface area contributed by atoms with Crippen LogP contribution < -0.4 is 5.32 Å². The molecule has 2 aromatic rings. The molecular formula is C16H14ClF2N. The van der Waals surface area contributed by atoms with Gasteiger partial charge < -0.3 is 5.32 Å². The van der Waals surface area contributed by atoms with Gasteiger partial charge in [0, 0.05) is 22.8 Å². The molecular weight excluding hydrogens is 280 g/mol. The number of nitrogens with one attached hydrogen (secondary N) is 1. The Morgan fingerprint density at radius 3 is 2.15 bits per heavy atom. The minimum Gasteiger partial charge on any atom is -0.382 e. The molecule has 0 aliphatic heterocycles. The first-order chi connectivity index (χ1) is 9.60. The molecule has 1 fully saturated rings. The van der Waals surface area contributed by atoms with Crippen molar-refractivity contribution >= 4 is 17.3 Å². The van der Waals surface area contributed by atoms with E-state index < -0.39 is 11.6 Å². The summed E-state index contributed by atoms with van der Waals surface area (Å²) in [6, 6.07) is 11.6. The van der Waals surface area contributed by atoms with Crippen LogP contribution in [-0.2, 0) is 0 Å². The van der Waals surface area contributed by atoms with Crippen molar-refractivity contribution < 1.29 is 8.78 Å². The van der Waals surface area contributed by atoms with Crippen LogP contribution in [0.4, 0.5) is 14.5 Å². The van der Waals surface area contributed by atoms with Crippen molar-refractivity contribution in [1.82, 2.24) is 0 Å². The van der Waals surface area contributed by atoms with Gasteiger partial charge in [-0.1, -0.05) is 23.7 Å². The topological polar surface area (TPSA) is 12.0 Å². The fraction of sp³-hybridized carbons (Fsp3) is 0.250. The highest BCUT2D eigenvalue weighted by atomic mass is 35.5. The molecule has 1 saturated carbocycles. The molecule has 104 valence electrons. The molecule has 20 heavy (non-hydrogen) atoms. The summed E-state index contributed by atoms with van der Waals surface area (Å²) in [5.41, 5.74) is 1.76. The van der Waals surface area contributed by atoms with Crippen LogP contribution in [0.15, 0.2) is 42.5 Å². The van der Waals surface area contributed by atoms with E-state index in [1.807, 2.05) is 24.3 Å². The molecule has 0 saturated heterocycles. The van der Waals surface area contributed by atoms with E-state index in [9.17, 15) is 8.78 Å². The first-order valence-electron chi connectivity index (χ1n) is 6.58. The number of halogens is 3. The van der Waals surface area contributed by atoms with Crippen LogP contribution in [0.2, 0.25) is 5.02 Å². The highest BCUT2D eigenvalue weighted by molar-refractivity contribution is 6.30. The Labute approximate surface area is 121 Å². The van der Waals surface area contributed by atoms with Gasteiger partial charge in [0.25, 0.3) is 0 Å². The Balaban J connectivity index is 1.59. The summed E-state index contributed by atoms with van der Waals surface area (Å²) < 4.78 is 26.2. The summed E-state index contributed by atoms with van der Waals surface area (Å²) in [4.78, 5) is 0. The lowest BCUT2D eigenvalue weighted by atomic mass is 9.76. The maximum atomic E-state index is 13.1. The lowest BCUT2D eigenvalue weighted by Crippen LogP contribution is -2.34. The highest BCUT2D eigenvalue weighted by Gasteiger charge is 2.30.